The highest BCUT2D eigenvalue weighted by atomic mass is 35.5. The maximum absolute atomic E-state index is 14.1. The maximum Gasteiger partial charge on any atom is 0.142 e. The van der Waals surface area contributed by atoms with Crippen LogP contribution in [-0.2, 0) is 6.42 Å². The summed E-state index contributed by atoms with van der Waals surface area (Å²) in [6.07, 6.45) is -0.990. The largest absolute Gasteiger partial charge is 0.330 e. The van der Waals surface area contributed by atoms with Gasteiger partial charge in [0.15, 0.2) is 0 Å². The van der Waals surface area contributed by atoms with Gasteiger partial charge < -0.3 is 5.73 Å². The molecule has 0 aliphatic heterocycles. The summed E-state index contributed by atoms with van der Waals surface area (Å²) in [6, 6.07) is 4.45. The fourth-order valence-corrected chi connectivity index (χ4v) is 2.11. The smallest absolute Gasteiger partial charge is 0.142 e. The Hall–Kier alpha value is -0.670. The predicted molar refractivity (Wildman–Crippen MR) is 67.4 cm³/mol. The van der Waals surface area contributed by atoms with Gasteiger partial charge in [0.1, 0.15) is 12.0 Å². The van der Waals surface area contributed by atoms with Gasteiger partial charge in [-0.2, -0.15) is 0 Å². The Morgan fingerprint density at radius 1 is 1.35 bits per heavy atom. The van der Waals surface area contributed by atoms with Crippen LogP contribution in [0.15, 0.2) is 18.2 Å². The summed E-state index contributed by atoms with van der Waals surface area (Å²) in [5.41, 5.74) is 6.05. The lowest BCUT2D eigenvalue weighted by atomic mass is 9.88. The van der Waals surface area contributed by atoms with Gasteiger partial charge in [-0.05, 0) is 24.1 Å². The Bertz CT molecular complexity index is 368. The van der Waals surface area contributed by atoms with E-state index in [0.29, 0.717) is 5.56 Å². The van der Waals surface area contributed by atoms with Gasteiger partial charge >= 0.3 is 0 Å². The van der Waals surface area contributed by atoms with Crippen LogP contribution in [0.5, 0.6) is 0 Å². The van der Waals surface area contributed by atoms with Gasteiger partial charge in [-0.3, -0.25) is 0 Å². The minimum absolute atomic E-state index is 0.00896. The van der Waals surface area contributed by atoms with Crippen molar-refractivity contribution in [2.45, 2.75) is 26.4 Å². The predicted octanol–water partition coefficient (Wildman–Crippen LogP) is 3.59. The van der Waals surface area contributed by atoms with Crippen molar-refractivity contribution >= 4 is 11.6 Å². The van der Waals surface area contributed by atoms with Crippen molar-refractivity contribution in [3.63, 3.8) is 0 Å². The van der Waals surface area contributed by atoms with Crippen molar-refractivity contribution in [3.05, 3.63) is 34.6 Å². The van der Waals surface area contributed by atoms with Crippen LogP contribution in [-0.4, -0.2) is 12.7 Å². The maximum atomic E-state index is 14.1. The summed E-state index contributed by atoms with van der Waals surface area (Å²) in [5, 5.41) is 0.00896. The zero-order valence-corrected chi connectivity index (χ0v) is 10.8. The molecule has 0 saturated carbocycles. The summed E-state index contributed by atoms with van der Waals surface area (Å²) in [6.45, 7) is 4.14. The third-order valence-corrected chi connectivity index (χ3v) is 3.46. The quantitative estimate of drug-likeness (QED) is 0.861. The molecule has 2 atom stereocenters. The first-order valence-electron chi connectivity index (χ1n) is 5.74. The number of hydrogen-bond donors (Lipinski definition) is 1. The third-order valence-electron chi connectivity index (χ3n) is 3.04. The summed E-state index contributed by atoms with van der Waals surface area (Å²) < 4.78 is 27.2. The second kappa shape index (κ2) is 6.31. The first-order chi connectivity index (χ1) is 7.97. The number of halogens is 3. The Morgan fingerprint density at radius 3 is 2.53 bits per heavy atom. The number of hydrogen-bond acceptors (Lipinski definition) is 1. The monoisotopic (exact) mass is 261 g/mol. The van der Waals surface area contributed by atoms with Gasteiger partial charge in [-0.25, -0.2) is 8.78 Å². The molecule has 1 rings (SSSR count). The zero-order valence-electron chi connectivity index (χ0n) is 10.1. The summed E-state index contributed by atoms with van der Waals surface area (Å²) in [4.78, 5) is 0. The zero-order chi connectivity index (χ0) is 13.0. The molecule has 0 spiro atoms. The van der Waals surface area contributed by atoms with E-state index in [9.17, 15) is 8.78 Å². The van der Waals surface area contributed by atoms with Crippen molar-refractivity contribution in [1.82, 2.24) is 0 Å². The van der Waals surface area contributed by atoms with Gasteiger partial charge in [-0.15, -0.1) is 0 Å². The molecule has 0 aliphatic carbocycles. The Labute approximate surface area is 106 Å². The van der Waals surface area contributed by atoms with Gasteiger partial charge in [0.2, 0.25) is 0 Å². The molecule has 1 nitrogen and oxygen atoms in total. The third kappa shape index (κ3) is 3.65. The Balaban J connectivity index is 2.80. The average Bonchev–Trinajstić information content (AvgIpc) is 2.25. The van der Waals surface area contributed by atoms with E-state index in [1.165, 1.54) is 12.1 Å². The van der Waals surface area contributed by atoms with Gasteiger partial charge in [0.05, 0.1) is 5.02 Å². The van der Waals surface area contributed by atoms with Crippen molar-refractivity contribution in [3.8, 4) is 0 Å². The molecule has 4 heteroatoms. The lowest BCUT2D eigenvalue weighted by Gasteiger charge is -2.23. The van der Waals surface area contributed by atoms with Crippen LogP contribution in [0.1, 0.15) is 19.4 Å². The molecule has 0 bridgehead atoms. The van der Waals surface area contributed by atoms with Crippen LogP contribution in [0.4, 0.5) is 8.78 Å². The van der Waals surface area contributed by atoms with Crippen molar-refractivity contribution in [1.29, 1.82) is 0 Å². The van der Waals surface area contributed by atoms with Crippen molar-refractivity contribution < 1.29 is 8.78 Å². The second-order valence-corrected chi connectivity index (χ2v) is 4.95. The van der Waals surface area contributed by atoms with Gasteiger partial charge in [-0.1, -0.05) is 37.6 Å². The topological polar surface area (TPSA) is 26.0 Å². The standard InChI is InChI=1S/C13H18ClF2N/c1-8(2)10(7-17)12(16)6-9-4-3-5-11(15)13(9)14/h3-5,8,10,12H,6-7,17H2,1-2H3. The highest BCUT2D eigenvalue weighted by Crippen LogP contribution is 2.26. The average molecular weight is 262 g/mol. The number of alkyl halides is 1. The van der Waals surface area contributed by atoms with E-state index in [1.54, 1.807) is 6.07 Å². The molecule has 1 aromatic carbocycles. The van der Waals surface area contributed by atoms with E-state index in [2.05, 4.69) is 0 Å². The minimum atomic E-state index is -1.10. The van der Waals surface area contributed by atoms with Gasteiger partial charge in [0, 0.05) is 12.3 Å². The van der Waals surface area contributed by atoms with Crippen molar-refractivity contribution in [2.24, 2.45) is 17.6 Å². The molecule has 0 amide bonds. The van der Waals surface area contributed by atoms with Crippen LogP contribution in [0.2, 0.25) is 5.02 Å². The Morgan fingerprint density at radius 2 is 2.00 bits per heavy atom. The molecule has 0 heterocycles. The summed E-state index contributed by atoms with van der Waals surface area (Å²) >= 11 is 5.79. The van der Waals surface area contributed by atoms with Crippen LogP contribution >= 0.6 is 11.6 Å². The molecule has 2 unspecified atom stereocenters. The molecule has 0 aliphatic rings. The van der Waals surface area contributed by atoms with Crippen LogP contribution < -0.4 is 5.73 Å². The molecule has 0 aromatic heterocycles. The fraction of sp³-hybridized carbons (Fsp3) is 0.538. The second-order valence-electron chi connectivity index (χ2n) is 4.58. The fourth-order valence-electron chi connectivity index (χ4n) is 1.91. The van der Waals surface area contributed by atoms with Crippen molar-refractivity contribution in [2.75, 3.05) is 6.54 Å². The molecular weight excluding hydrogens is 244 g/mol. The van der Waals surface area contributed by atoms with Crippen LogP contribution in [0.25, 0.3) is 0 Å². The summed E-state index contributed by atoms with van der Waals surface area (Å²) in [5.74, 6) is -0.582. The molecule has 2 N–H and O–H groups in total. The van der Waals surface area contributed by atoms with Gasteiger partial charge in [0.25, 0.3) is 0 Å². The number of rotatable bonds is 5. The normalized spacial score (nSPS) is 15.0. The lowest BCUT2D eigenvalue weighted by molar-refractivity contribution is 0.185. The molecule has 96 valence electrons. The number of benzene rings is 1. The molecule has 17 heavy (non-hydrogen) atoms. The SMILES string of the molecule is CC(C)C(CN)C(F)Cc1cccc(F)c1Cl. The van der Waals surface area contributed by atoms with Crippen LogP contribution in [0.3, 0.4) is 0 Å². The van der Waals surface area contributed by atoms with E-state index < -0.39 is 12.0 Å². The molecule has 1 aromatic rings. The lowest BCUT2D eigenvalue weighted by Crippen LogP contribution is -2.30. The molecule has 0 fully saturated rings. The van der Waals surface area contributed by atoms with E-state index >= 15 is 0 Å². The molecule has 0 radical (unpaired) electrons. The molecular formula is C13H18ClF2N. The molecule has 0 saturated heterocycles. The van der Waals surface area contributed by atoms with E-state index in [0.717, 1.165) is 0 Å². The minimum Gasteiger partial charge on any atom is -0.330 e. The van der Waals surface area contributed by atoms with E-state index in [4.69, 9.17) is 17.3 Å². The van der Waals surface area contributed by atoms with Crippen LogP contribution in [0, 0.1) is 17.7 Å². The first-order valence-corrected chi connectivity index (χ1v) is 6.12. The Kier molecular flexibility index (Phi) is 5.34. The highest BCUT2D eigenvalue weighted by molar-refractivity contribution is 6.31. The van der Waals surface area contributed by atoms with E-state index in [1.807, 2.05) is 13.8 Å². The van der Waals surface area contributed by atoms with E-state index in [-0.39, 0.29) is 29.8 Å². The number of nitrogens with two attached hydrogens (primary N) is 1. The summed E-state index contributed by atoms with van der Waals surface area (Å²) in [7, 11) is 0. The first kappa shape index (κ1) is 14.4. The highest BCUT2D eigenvalue weighted by Gasteiger charge is 2.24.